The summed E-state index contributed by atoms with van der Waals surface area (Å²) < 4.78 is 0. The topological polar surface area (TPSA) is 0 Å². The number of fused-ring (bicyclic) bond motifs is 1. The van der Waals surface area contributed by atoms with E-state index in [1.165, 1.54) is 32.1 Å². The van der Waals surface area contributed by atoms with Crippen LogP contribution in [0.5, 0.6) is 0 Å². The Hall–Kier alpha value is -0.196. The zero-order chi connectivity index (χ0) is 13.1. The maximum absolute atomic E-state index is 3.97. The van der Waals surface area contributed by atoms with Crippen LogP contribution in [0.15, 0.2) is 37.0 Å². The average molecular weight is 284 g/mol. The van der Waals surface area contributed by atoms with Crippen LogP contribution in [0, 0.1) is 18.8 Å². The van der Waals surface area contributed by atoms with Crippen molar-refractivity contribution in [3.05, 3.63) is 43.9 Å². The standard InChI is InChI=1S/C13H19.C2H6.C2H4.V/c1-2-6-11-8-5-9-12-7-3-4-10-13(11)12;2*1-2;/h5,7,9,11,13H,1-4,6,8,10H2;1-2H3;1-2H2;/q-1;;;. The van der Waals surface area contributed by atoms with Crippen LogP contribution >= 0.6 is 0 Å². The van der Waals surface area contributed by atoms with E-state index in [1.54, 1.807) is 5.57 Å². The van der Waals surface area contributed by atoms with Gasteiger partial charge in [-0.1, -0.05) is 38.5 Å². The summed E-state index contributed by atoms with van der Waals surface area (Å²) in [5, 5.41) is 0. The van der Waals surface area contributed by atoms with Crippen LogP contribution in [-0.4, -0.2) is 0 Å². The van der Waals surface area contributed by atoms with Crippen molar-refractivity contribution < 1.29 is 18.6 Å². The van der Waals surface area contributed by atoms with Crippen molar-refractivity contribution in [1.82, 2.24) is 0 Å². The molecule has 0 aromatic rings. The molecule has 0 aromatic carbocycles. The Labute approximate surface area is 127 Å². The summed E-state index contributed by atoms with van der Waals surface area (Å²) in [5.74, 6) is 1.77. The molecule has 2 atom stereocenters. The summed E-state index contributed by atoms with van der Waals surface area (Å²) >= 11 is 0. The van der Waals surface area contributed by atoms with Gasteiger partial charge < -0.3 is 6.92 Å². The third-order valence-corrected chi connectivity index (χ3v) is 3.42. The third-order valence-electron chi connectivity index (χ3n) is 3.42. The first-order valence-electron chi connectivity index (χ1n) is 7.07. The van der Waals surface area contributed by atoms with E-state index in [9.17, 15) is 0 Å². The van der Waals surface area contributed by atoms with Gasteiger partial charge >= 0.3 is 0 Å². The molecule has 0 aliphatic heterocycles. The molecule has 0 aromatic heterocycles. The van der Waals surface area contributed by atoms with Crippen molar-refractivity contribution in [2.45, 2.75) is 52.4 Å². The summed E-state index contributed by atoms with van der Waals surface area (Å²) in [6, 6.07) is 0. The first-order chi connectivity index (χ1) is 8.42. The predicted molar refractivity (Wildman–Crippen MR) is 79.9 cm³/mol. The fourth-order valence-corrected chi connectivity index (χ4v) is 2.75. The number of allylic oxidation sites excluding steroid dienone is 4. The summed E-state index contributed by atoms with van der Waals surface area (Å²) in [7, 11) is 0. The van der Waals surface area contributed by atoms with Gasteiger partial charge in [-0.15, -0.1) is 13.2 Å². The Morgan fingerprint density at radius 1 is 1.33 bits per heavy atom. The Kier molecular flexibility index (Phi) is 14.8. The summed E-state index contributed by atoms with van der Waals surface area (Å²) in [6.07, 6.45) is 15.0. The molecule has 1 heteroatoms. The Balaban J connectivity index is 0. The van der Waals surface area contributed by atoms with Gasteiger partial charge in [0.15, 0.2) is 0 Å². The molecule has 0 saturated heterocycles. The fraction of sp³-hybridized carbons (Fsp3) is 0.588. The van der Waals surface area contributed by atoms with Crippen molar-refractivity contribution in [1.29, 1.82) is 0 Å². The third kappa shape index (κ3) is 6.11. The van der Waals surface area contributed by atoms with Gasteiger partial charge in [-0.3, -0.25) is 0 Å². The summed E-state index contributed by atoms with van der Waals surface area (Å²) in [4.78, 5) is 0. The van der Waals surface area contributed by atoms with Crippen molar-refractivity contribution in [3.8, 4) is 0 Å². The van der Waals surface area contributed by atoms with Gasteiger partial charge in [-0.2, -0.15) is 6.42 Å². The van der Waals surface area contributed by atoms with E-state index in [0.717, 1.165) is 18.3 Å². The van der Waals surface area contributed by atoms with E-state index in [1.807, 2.05) is 13.8 Å². The zero-order valence-electron chi connectivity index (χ0n) is 12.2. The first kappa shape index (κ1) is 20.1. The van der Waals surface area contributed by atoms with Gasteiger partial charge in [0.05, 0.1) is 0 Å². The van der Waals surface area contributed by atoms with E-state index in [4.69, 9.17) is 0 Å². The van der Waals surface area contributed by atoms with Gasteiger partial charge in [0.1, 0.15) is 0 Å². The minimum atomic E-state index is 0. The van der Waals surface area contributed by atoms with Crippen molar-refractivity contribution in [2.24, 2.45) is 11.8 Å². The van der Waals surface area contributed by atoms with Gasteiger partial charge in [0.2, 0.25) is 0 Å². The minimum Gasteiger partial charge on any atom is -0.343 e. The normalized spacial score (nSPS) is 24.1. The van der Waals surface area contributed by atoms with Crippen LogP contribution in [0.1, 0.15) is 52.4 Å². The molecule has 2 aliphatic rings. The largest absolute Gasteiger partial charge is 0.343 e. The molecule has 0 bridgehead atoms. The number of rotatable bonds is 2. The van der Waals surface area contributed by atoms with Crippen molar-refractivity contribution in [3.63, 3.8) is 0 Å². The quantitative estimate of drug-likeness (QED) is 0.449. The van der Waals surface area contributed by atoms with Crippen LogP contribution in [0.2, 0.25) is 0 Å². The molecular weight excluding hydrogens is 255 g/mol. The van der Waals surface area contributed by atoms with Crippen molar-refractivity contribution >= 4 is 0 Å². The molecule has 0 amide bonds. The fourth-order valence-electron chi connectivity index (χ4n) is 2.75. The second-order valence-corrected chi connectivity index (χ2v) is 4.28. The second-order valence-electron chi connectivity index (χ2n) is 4.28. The van der Waals surface area contributed by atoms with Crippen molar-refractivity contribution in [2.75, 3.05) is 0 Å². The maximum Gasteiger partial charge on any atom is 0 e. The molecule has 0 nitrogen and oxygen atoms in total. The molecule has 2 rings (SSSR count). The molecule has 0 N–H and O–H groups in total. The monoisotopic (exact) mass is 284 g/mol. The number of hydrogen-bond acceptors (Lipinski definition) is 0. The van der Waals surface area contributed by atoms with Gasteiger partial charge in [-0.25, -0.2) is 0 Å². The van der Waals surface area contributed by atoms with E-state index in [-0.39, 0.29) is 18.6 Å². The van der Waals surface area contributed by atoms with Crippen LogP contribution < -0.4 is 0 Å². The summed E-state index contributed by atoms with van der Waals surface area (Å²) in [6.45, 7) is 14.0. The molecule has 18 heavy (non-hydrogen) atoms. The van der Waals surface area contributed by atoms with E-state index < -0.39 is 0 Å². The molecule has 103 valence electrons. The number of hydrogen-bond donors (Lipinski definition) is 0. The van der Waals surface area contributed by atoms with Crippen LogP contribution in [0.3, 0.4) is 0 Å². The molecule has 1 radical (unpaired) electrons. The van der Waals surface area contributed by atoms with Crippen LogP contribution in [0.4, 0.5) is 0 Å². The second kappa shape index (κ2) is 13.2. The molecule has 0 spiro atoms. The first-order valence-corrected chi connectivity index (χ1v) is 7.07. The Morgan fingerprint density at radius 2 is 2.00 bits per heavy atom. The molecular formula is C17H29V-. The SMILES string of the molecule is C=C.CC.[CH2-]CCC1CC=CC2=CCCCC21.[V]. The van der Waals surface area contributed by atoms with Gasteiger partial charge in [0.25, 0.3) is 0 Å². The molecule has 0 heterocycles. The van der Waals surface area contributed by atoms with Gasteiger partial charge in [0, 0.05) is 18.6 Å². The predicted octanol–water partition coefficient (Wildman–Crippen LogP) is 5.73. The van der Waals surface area contributed by atoms with Crippen LogP contribution in [-0.2, 0) is 18.6 Å². The van der Waals surface area contributed by atoms with E-state index >= 15 is 0 Å². The molecule has 2 unspecified atom stereocenters. The van der Waals surface area contributed by atoms with E-state index in [2.05, 4.69) is 38.3 Å². The van der Waals surface area contributed by atoms with Gasteiger partial charge in [-0.05, 0) is 43.1 Å². The van der Waals surface area contributed by atoms with E-state index in [0.29, 0.717) is 0 Å². The average Bonchev–Trinajstić information content (AvgIpc) is 2.44. The smallest absolute Gasteiger partial charge is 0 e. The molecule has 2 aliphatic carbocycles. The maximum atomic E-state index is 3.97. The molecule has 0 saturated carbocycles. The minimum absolute atomic E-state index is 0. The summed E-state index contributed by atoms with van der Waals surface area (Å²) in [5.41, 5.74) is 1.62. The Morgan fingerprint density at radius 3 is 2.61 bits per heavy atom. The zero-order valence-corrected chi connectivity index (χ0v) is 13.6. The van der Waals surface area contributed by atoms with Crippen LogP contribution in [0.25, 0.3) is 0 Å². The Bertz CT molecular complexity index is 240. The molecule has 0 fully saturated rings.